The number of fused-ring (bicyclic) bond motifs is 1. The van der Waals surface area contributed by atoms with Crippen LogP contribution in [-0.4, -0.2) is 154 Å². The number of nitrogens with one attached hydrogen (secondary N) is 3. The molecule has 22 nitrogen and oxygen atoms in total. The number of tetrazole rings is 1. The maximum Gasteiger partial charge on any atom is 1.00 e. The van der Waals surface area contributed by atoms with Crippen LogP contribution in [0.1, 0.15) is 20.0 Å². The number of hydrogen-bond donors (Lipinski definition) is 6. The Morgan fingerprint density at radius 1 is 1.15 bits per heavy atom. The Morgan fingerprint density at radius 2 is 1.89 bits per heavy atom. The summed E-state index contributed by atoms with van der Waals surface area (Å²) in [6, 6.07) is 0.605. The molecule has 1 aromatic heterocycles. The van der Waals surface area contributed by atoms with Gasteiger partial charge in [0.25, 0.3) is 5.91 Å². The van der Waals surface area contributed by atoms with Crippen molar-refractivity contribution in [3.8, 4) is 0 Å². The molecule has 1 aromatic carbocycles. The number of hydrogen-bond acceptors (Lipinski definition) is 16. The first-order valence-electron chi connectivity index (χ1n) is 16.2. The normalized spacial score (nSPS) is 19.0. The molecule has 0 radical (unpaired) electrons. The second-order valence-corrected chi connectivity index (χ2v) is 13.9. The van der Waals surface area contributed by atoms with Gasteiger partial charge in [0, 0.05) is 43.9 Å². The molecule has 0 spiro atoms. The van der Waals surface area contributed by atoms with Gasteiger partial charge in [0.1, 0.15) is 42.3 Å². The Morgan fingerprint density at radius 3 is 2.55 bits per heavy atom. The zero-order chi connectivity index (χ0) is 39.3. The number of aliphatic carboxylic acids is 2. The van der Waals surface area contributed by atoms with Crippen molar-refractivity contribution in [3.05, 3.63) is 41.1 Å². The van der Waals surface area contributed by atoms with E-state index in [9.17, 15) is 43.5 Å². The molecule has 6 amide bonds. The van der Waals surface area contributed by atoms with Crippen LogP contribution in [0.25, 0.3) is 0 Å². The monoisotopic (exact) mass is 813 g/mol. The summed E-state index contributed by atoms with van der Waals surface area (Å²) >= 11 is 2.41. The van der Waals surface area contributed by atoms with Crippen LogP contribution in [0.3, 0.4) is 0 Å². The summed E-state index contributed by atoms with van der Waals surface area (Å²) in [6.07, 6.45) is 0. The number of imide groups is 1. The fourth-order valence-electron chi connectivity index (χ4n) is 5.51. The Balaban J connectivity index is 0.00000420. The van der Waals surface area contributed by atoms with Gasteiger partial charge in [-0.05, 0) is 40.6 Å². The minimum atomic E-state index is -1.57. The third-order valence-electron chi connectivity index (χ3n) is 8.37. The van der Waals surface area contributed by atoms with Crippen molar-refractivity contribution >= 4 is 76.8 Å². The number of aromatic nitrogens is 4. The van der Waals surface area contributed by atoms with Crippen LogP contribution in [0.5, 0.6) is 0 Å². The van der Waals surface area contributed by atoms with Gasteiger partial charge in [-0.15, -0.1) is 16.9 Å². The van der Waals surface area contributed by atoms with E-state index >= 15 is 0 Å². The zero-order valence-corrected chi connectivity index (χ0v) is 33.3. The molecule has 3 aliphatic rings. The summed E-state index contributed by atoms with van der Waals surface area (Å²) in [4.78, 5) is 105. The van der Waals surface area contributed by atoms with Crippen molar-refractivity contribution in [2.75, 3.05) is 49.6 Å². The van der Waals surface area contributed by atoms with Gasteiger partial charge in [-0.2, -0.15) is 0 Å². The molecule has 0 aliphatic carbocycles. The second kappa shape index (κ2) is 18.7. The van der Waals surface area contributed by atoms with Gasteiger partial charge >= 0.3 is 65.3 Å². The first-order valence-corrected chi connectivity index (χ1v) is 18.2. The van der Waals surface area contributed by atoms with Crippen LogP contribution in [0.15, 0.2) is 40.7 Å². The number of urea groups is 1. The molecule has 4 heterocycles. The second-order valence-electron chi connectivity index (χ2n) is 11.9. The number of benzene rings is 1. The van der Waals surface area contributed by atoms with Crippen molar-refractivity contribution < 1.29 is 84.3 Å². The number of carbonyl (C=O) groups excluding carboxylic acids is 6. The first-order chi connectivity index (χ1) is 25.7. The number of aryl methyl sites for hydroxylation is 1. The molecule has 4 atom stereocenters. The van der Waals surface area contributed by atoms with E-state index in [1.807, 2.05) is 0 Å². The summed E-state index contributed by atoms with van der Waals surface area (Å²) in [6.45, 7) is 0.832. The molecule has 2 aromatic rings. The van der Waals surface area contributed by atoms with Crippen LogP contribution in [-0.2, 0) is 45.3 Å². The minimum Gasteiger partial charge on any atom is -1.00 e. The van der Waals surface area contributed by atoms with Crippen molar-refractivity contribution in [3.63, 3.8) is 0 Å². The number of likely N-dealkylation sites (N-methyl/N-ethyl adjacent to an activating group) is 1. The first kappa shape index (κ1) is 43.0. The Kier molecular flexibility index (Phi) is 14.6. The SMILES string of the molecule is CCN1CCN(C(=O)N[C@@H](C(=O)N[C@@H]2C(=O)N3C(C(=O)O)=C(CSc4nnnn4C)CS[C@H]23)c2cccc(NCC(=O)OC[C@@H](N)C(=O)O)c2)C(=O)C1=O.[H-].[Na+]. The van der Waals surface area contributed by atoms with Crippen molar-refractivity contribution in [1.29, 1.82) is 0 Å². The summed E-state index contributed by atoms with van der Waals surface area (Å²) in [5, 5.41) is 37.6. The van der Waals surface area contributed by atoms with E-state index in [1.54, 1.807) is 14.0 Å². The number of esters is 1. The maximum atomic E-state index is 14.0. The van der Waals surface area contributed by atoms with E-state index in [-0.39, 0.29) is 79.1 Å². The van der Waals surface area contributed by atoms with Crippen LogP contribution < -0.4 is 51.2 Å². The number of carboxylic acids is 2. The number of ether oxygens (including phenoxy) is 1. The van der Waals surface area contributed by atoms with E-state index < -0.39 is 84.2 Å². The number of carbonyl (C=O) groups is 8. The molecule has 25 heteroatoms. The average Bonchev–Trinajstić information content (AvgIpc) is 3.57. The molecule has 3 aliphatic heterocycles. The number of amides is 6. The van der Waals surface area contributed by atoms with Gasteiger partial charge in [0.05, 0.1) is 0 Å². The van der Waals surface area contributed by atoms with Gasteiger partial charge in [-0.3, -0.25) is 38.6 Å². The van der Waals surface area contributed by atoms with E-state index in [0.717, 1.165) is 4.90 Å². The Hall–Kier alpha value is -4.75. The largest absolute Gasteiger partial charge is 1.00 e. The predicted molar refractivity (Wildman–Crippen MR) is 187 cm³/mol. The number of piperazine rings is 1. The van der Waals surface area contributed by atoms with Gasteiger partial charge in [-0.1, -0.05) is 23.9 Å². The van der Waals surface area contributed by atoms with Crippen molar-refractivity contribution in [1.82, 2.24) is 45.5 Å². The van der Waals surface area contributed by atoms with Crippen LogP contribution in [0, 0.1) is 0 Å². The Labute approximate surface area is 344 Å². The zero-order valence-electron chi connectivity index (χ0n) is 30.7. The average molecular weight is 814 g/mol. The topological polar surface area (TPSA) is 302 Å². The smallest absolute Gasteiger partial charge is 1.00 e. The molecule has 2 fully saturated rings. The van der Waals surface area contributed by atoms with E-state index in [0.29, 0.717) is 15.6 Å². The van der Waals surface area contributed by atoms with Crippen LogP contribution >= 0.6 is 23.5 Å². The number of thioether (sulfide) groups is 2. The molecule has 290 valence electrons. The predicted octanol–water partition coefficient (Wildman–Crippen LogP) is -5.33. The summed E-state index contributed by atoms with van der Waals surface area (Å²) < 4.78 is 6.27. The van der Waals surface area contributed by atoms with Crippen molar-refractivity contribution in [2.45, 2.75) is 35.6 Å². The fraction of sp³-hybridized carbons (Fsp3) is 0.433. The molecule has 0 unspecified atom stereocenters. The summed E-state index contributed by atoms with van der Waals surface area (Å²) in [5.41, 5.74) is 5.96. The molecule has 7 N–H and O–H groups in total. The number of rotatable bonds is 15. The number of anilines is 1. The van der Waals surface area contributed by atoms with Gasteiger partial charge < -0.3 is 43.0 Å². The number of carboxylic acid groups (broad SMARTS) is 2. The summed E-state index contributed by atoms with van der Waals surface area (Å²) in [5.74, 6) is -6.76. The van der Waals surface area contributed by atoms with Crippen molar-refractivity contribution in [2.24, 2.45) is 12.8 Å². The van der Waals surface area contributed by atoms with Gasteiger partial charge in [-0.25, -0.2) is 14.3 Å². The Bertz CT molecular complexity index is 1920. The van der Waals surface area contributed by atoms with Crippen LogP contribution in [0.4, 0.5) is 10.5 Å². The van der Waals surface area contributed by atoms with E-state index in [4.69, 9.17) is 15.6 Å². The van der Waals surface area contributed by atoms with E-state index in [1.165, 1.54) is 57.4 Å². The van der Waals surface area contributed by atoms with Gasteiger partial charge in [0.2, 0.25) is 11.1 Å². The molecule has 5 rings (SSSR count). The fourth-order valence-corrected chi connectivity index (χ4v) is 7.84. The molecular formula is C30H36N11NaO11S2. The summed E-state index contributed by atoms with van der Waals surface area (Å²) in [7, 11) is 1.62. The molecule has 0 bridgehead atoms. The molecule has 55 heavy (non-hydrogen) atoms. The number of nitrogens with two attached hydrogens (primary N) is 1. The quantitative estimate of drug-likeness (QED) is 0.0322. The van der Waals surface area contributed by atoms with Gasteiger partial charge in [0.15, 0.2) is 0 Å². The number of nitrogens with zero attached hydrogens (tertiary/aromatic N) is 7. The third kappa shape index (κ3) is 9.74. The number of β-lactam (4-membered cyclic amide) rings is 1. The standard InChI is InChI=1S/C30H35N11O11S2.Na.H/c1-3-39-7-8-40(25(46)24(39)45)29(51)34-19(14-5-4-6-16(9-14)32-10-18(42)52-11-17(31)27(47)48)22(43)33-20-23(44)41-21(28(49)50)15(12-53-26(20)41)13-54-30-35-36-37-38(30)2;;/h4-6,9,17,19-20,26,32H,3,7-8,10-13,31H2,1-2H3,(H,33,43)(H,34,51)(H,47,48)(H,49,50);;/q;+1;-1/t17-,19-,20-,26-;;/m1../s1. The maximum absolute atomic E-state index is 14.0. The van der Waals surface area contributed by atoms with Crippen LogP contribution in [0.2, 0.25) is 0 Å². The molecular weight excluding hydrogens is 778 g/mol. The molecule has 0 saturated carbocycles. The molecule has 2 saturated heterocycles. The minimum absolute atomic E-state index is 0. The van der Waals surface area contributed by atoms with E-state index in [2.05, 4.69) is 31.5 Å². The third-order valence-corrected chi connectivity index (χ3v) is 10.8.